The van der Waals surface area contributed by atoms with E-state index in [1.807, 2.05) is 29.2 Å². The molecule has 34 heavy (non-hydrogen) atoms. The maximum Gasteiger partial charge on any atom is 0.289 e. The van der Waals surface area contributed by atoms with Crippen LogP contribution in [0.1, 0.15) is 28.6 Å². The predicted octanol–water partition coefficient (Wildman–Crippen LogP) is 4.26. The second-order valence-electron chi connectivity index (χ2n) is 8.56. The number of carbonyl (C=O) groups excluding carboxylic acids is 1. The molecule has 2 aromatic heterocycles. The van der Waals surface area contributed by atoms with Crippen LogP contribution < -0.4 is 15.8 Å². The van der Waals surface area contributed by atoms with E-state index in [4.69, 9.17) is 4.42 Å². The summed E-state index contributed by atoms with van der Waals surface area (Å²) in [4.78, 5) is 32.1. The highest BCUT2D eigenvalue weighted by Crippen LogP contribution is 2.21. The number of nitrogens with zero attached hydrogens (tertiary/aromatic N) is 2. The number of amides is 1. The lowest BCUT2D eigenvalue weighted by molar-refractivity contribution is 0.0714. The van der Waals surface area contributed by atoms with Gasteiger partial charge in [0, 0.05) is 55.2 Å². The molecule has 0 spiro atoms. The largest absolute Gasteiger partial charge is 0.459 e. The fraction of sp³-hybridized carbons (Fsp3) is 0.259. The Balaban J connectivity index is 1.19. The number of pyridine rings is 1. The Morgan fingerprint density at radius 2 is 1.82 bits per heavy atom. The van der Waals surface area contributed by atoms with Gasteiger partial charge in [-0.1, -0.05) is 19.1 Å². The lowest BCUT2D eigenvalue weighted by Gasteiger charge is -2.35. The quantitative estimate of drug-likeness (QED) is 0.453. The summed E-state index contributed by atoms with van der Waals surface area (Å²) in [6, 6.07) is 19.8. The molecule has 0 unspecified atom stereocenters. The van der Waals surface area contributed by atoms with Crippen LogP contribution in [0.3, 0.4) is 0 Å². The molecule has 2 N–H and O–H groups in total. The number of aromatic amines is 1. The van der Waals surface area contributed by atoms with Crippen molar-refractivity contribution < 1.29 is 9.21 Å². The summed E-state index contributed by atoms with van der Waals surface area (Å²) in [5.74, 6) is 0.332. The fourth-order valence-electron chi connectivity index (χ4n) is 4.36. The third kappa shape index (κ3) is 4.55. The average Bonchev–Trinajstić information content (AvgIpc) is 3.42. The van der Waals surface area contributed by atoms with Gasteiger partial charge in [-0.2, -0.15) is 0 Å². The number of rotatable bonds is 6. The zero-order chi connectivity index (χ0) is 23.5. The van der Waals surface area contributed by atoms with E-state index in [-0.39, 0.29) is 11.5 Å². The molecule has 5 rings (SSSR count). The first kappa shape index (κ1) is 21.8. The Morgan fingerprint density at radius 3 is 2.53 bits per heavy atom. The highest BCUT2D eigenvalue weighted by molar-refractivity contribution is 5.91. The van der Waals surface area contributed by atoms with E-state index in [1.165, 1.54) is 11.8 Å². The number of carbonyl (C=O) groups is 1. The minimum atomic E-state index is -0.0631. The van der Waals surface area contributed by atoms with Crippen molar-refractivity contribution in [2.75, 3.05) is 36.4 Å². The van der Waals surface area contributed by atoms with Gasteiger partial charge in [0.05, 0.1) is 6.26 Å². The van der Waals surface area contributed by atoms with Gasteiger partial charge in [-0.15, -0.1) is 0 Å². The van der Waals surface area contributed by atoms with Crippen LogP contribution in [-0.4, -0.2) is 42.0 Å². The third-order valence-electron chi connectivity index (χ3n) is 6.41. The highest BCUT2D eigenvalue weighted by atomic mass is 16.3. The van der Waals surface area contributed by atoms with Crippen molar-refractivity contribution in [2.24, 2.45) is 0 Å². The molecule has 1 amide bonds. The first-order valence-electron chi connectivity index (χ1n) is 11.7. The molecule has 7 heteroatoms. The number of aromatic nitrogens is 1. The maximum absolute atomic E-state index is 12.5. The molecule has 0 bridgehead atoms. The summed E-state index contributed by atoms with van der Waals surface area (Å²) in [5, 5.41) is 4.39. The average molecular weight is 457 g/mol. The van der Waals surface area contributed by atoms with E-state index in [0.29, 0.717) is 31.0 Å². The Morgan fingerprint density at radius 1 is 1.03 bits per heavy atom. The number of benzene rings is 2. The smallest absolute Gasteiger partial charge is 0.289 e. The van der Waals surface area contributed by atoms with Gasteiger partial charge in [-0.05, 0) is 65.9 Å². The van der Waals surface area contributed by atoms with Crippen LogP contribution >= 0.6 is 0 Å². The lowest BCUT2D eigenvalue weighted by Crippen LogP contribution is -2.48. The fourth-order valence-corrected chi connectivity index (χ4v) is 4.36. The van der Waals surface area contributed by atoms with Crippen molar-refractivity contribution >= 4 is 28.2 Å². The Labute approximate surface area is 198 Å². The van der Waals surface area contributed by atoms with Gasteiger partial charge in [0.25, 0.3) is 11.5 Å². The number of H-pyrrole nitrogens is 1. The summed E-state index contributed by atoms with van der Waals surface area (Å²) < 4.78 is 5.23. The summed E-state index contributed by atoms with van der Waals surface area (Å²) in [6.45, 7) is 5.41. The number of furan rings is 1. The van der Waals surface area contributed by atoms with E-state index in [2.05, 4.69) is 46.4 Å². The second kappa shape index (κ2) is 9.47. The summed E-state index contributed by atoms with van der Waals surface area (Å²) in [6.07, 6.45) is 2.47. The highest BCUT2D eigenvalue weighted by Gasteiger charge is 2.23. The van der Waals surface area contributed by atoms with E-state index < -0.39 is 0 Å². The Kier molecular flexibility index (Phi) is 6.08. The molecule has 174 valence electrons. The molecule has 2 aromatic carbocycles. The molecule has 1 aliphatic rings. The van der Waals surface area contributed by atoms with Gasteiger partial charge in [-0.3, -0.25) is 9.59 Å². The molecule has 0 saturated carbocycles. The van der Waals surface area contributed by atoms with Crippen molar-refractivity contribution in [3.63, 3.8) is 0 Å². The van der Waals surface area contributed by atoms with Crippen LogP contribution in [0, 0.1) is 0 Å². The van der Waals surface area contributed by atoms with Crippen molar-refractivity contribution in [3.05, 3.63) is 94.2 Å². The minimum Gasteiger partial charge on any atom is -0.459 e. The van der Waals surface area contributed by atoms with Gasteiger partial charge in [0.15, 0.2) is 5.76 Å². The van der Waals surface area contributed by atoms with Crippen LogP contribution in [0.4, 0.5) is 11.4 Å². The molecule has 7 nitrogen and oxygen atoms in total. The molecule has 1 saturated heterocycles. The number of anilines is 2. The zero-order valence-electron chi connectivity index (χ0n) is 19.2. The molecule has 1 aliphatic heterocycles. The molecule has 0 atom stereocenters. The SMILES string of the molecule is CCc1ccc2cc(CNc3ccc(N4CCN(C(=O)c5ccco5)CC4)cc3)c(=O)[nH]c2c1. The molecule has 0 radical (unpaired) electrons. The monoisotopic (exact) mass is 456 g/mol. The summed E-state index contributed by atoms with van der Waals surface area (Å²) in [5.41, 5.74) is 4.80. The number of hydrogen-bond acceptors (Lipinski definition) is 5. The minimum absolute atomic E-state index is 0.0568. The molecular formula is C27H28N4O3. The van der Waals surface area contributed by atoms with E-state index in [9.17, 15) is 9.59 Å². The number of nitrogens with one attached hydrogen (secondary N) is 2. The van der Waals surface area contributed by atoms with E-state index >= 15 is 0 Å². The van der Waals surface area contributed by atoms with Crippen molar-refractivity contribution in [2.45, 2.75) is 19.9 Å². The van der Waals surface area contributed by atoms with Crippen LogP contribution in [0.15, 0.2) is 76.1 Å². The third-order valence-corrected chi connectivity index (χ3v) is 6.41. The van der Waals surface area contributed by atoms with E-state index in [0.717, 1.165) is 41.8 Å². The number of hydrogen-bond donors (Lipinski definition) is 2. The van der Waals surface area contributed by atoms with Crippen molar-refractivity contribution in [3.8, 4) is 0 Å². The zero-order valence-corrected chi connectivity index (χ0v) is 19.2. The standard InChI is InChI=1S/C27H28N4O3/c1-2-19-5-6-20-17-21(26(32)29-24(20)16-19)18-28-22-7-9-23(10-8-22)30-11-13-31(14-12-30)27(33)25-4-3-15-34-25/h3-10,15-17,28H,2,11-14,18H2,1H3,(H,29,32). The molecule has 1 fully saturated rings. The molecule has 4 aromatic rings. The number of fused-ring (bicyclic) bond motifs is 1. The topological polar surface area (TPSA) is 81.6 Å². The van der Waals surface area contributed by atoms with Crippen LogP contribution in [-0.2, 0) is 13.0 Å². The van der Waals surface area contributed by atoms with Gasteiger partial charge in [0.1, 0.15) is 0 Å². The normalized spacial score (nSPS) is 13.9. The van der Waals surface area contributed by atoms with Crippen molar-refractivity contribution in [1.82, 2.24) is 9.88 Å². The molecule has 0 aliphatic carbocycles. The first-order chi connectivity index (χ1) is 16.6. The van der Waals surface area contributed by atoms with Gasteiger partial charge < -0.3 is 24.5 Å². The number of aryl methyl sites for hydroxylation is 1. The Hall–Kier alpha value is -4.00. The molecular weight excluding hydrogens is 428 g/mol. The van der Waals surface area contributed by atoms with Gasteiger partial charge in [-0.25, -0.2) is 0 Å². The first-order valence-corrected chi connectivity index (χ1v) is 11.7. The summed E-state index contributed by atoms with van der Waals surface area (Å²) >= 11 is 0. The van der Waals surface area contributed by atoms with E-state index in [1.54, 1.807) is 12.1 Å². The maximum atomic E-state index is 12.5. The lowest BCUT2D eigenvalue weighted by atomic mass is 10.1. The summed E-state index contributed by atoms with van der Waals surface area (Å²) in [7, 11) is 0. The van der Waals surface area contributed by atoms with Gasteiger partial charge >= 0.3 is 0 Å². The van der Waals surface area contributed by atoms with Crippen LogP contribution in [0.2, 0.25) is 0 Å². The second-order valence-corrected chi connectivity index (χ2v) is 8.56. The van der Waals surface area contributed by atoms with Crippen molar-refractivity contribution in [1.29, 1.82) is 0 Å². The Bertz CT molecular complexity index is 1330. The van der Waals surface area contributed by atoms with Crippen LogP contribution in [0.25, 0.3) is 10.9 Å². The number of piperazine rings is 1. The predicted molar refractivity (Wildman–Crippen MR) is 135 cm³/mol. The van der Waals surface area contributed by atoms with Crippen LogP contribution in [0.5, 0.6) is 0 Å². The van der Waals surface area contributed by atoms with Gasteiger partial charge in [0.2, 0.25) is 0 Å². The molecule has 3 heterocycles.